The SMILES string of the molecule is Cc1ccc(C(=O)COc2cccc(N3C(=O)[C@@H]4[C@@H](C3=O)[C@@H]3C=C[C@@H]4C3)c2)cc1. The molecule has 2 aromatic carbocycles. The first-order valence-electron chi connectivity index (χ1n) is 9.92. The highest BCUT2D eigenvalue weighted by molar-refractivity contribution is 6.22. The Morgan fingerprint density at radius 2 is 1.66 bits per heavy atom. The molecule has 2 aromatic rings. The van der Waals surface area contributed by atoms with Crippen LogP contribution in [0.15, 0.2) is 60.7 Å². The largest absolute Gasteiger partial charge is 0.485 e. The fourth-order valence-corrected chi connectivity index (χ4v) is 4.84. The fraction of sp³-hybridized carbons (Fsp3) is 0.292. The molecule has 146 valence electrons. The molecule has 1 aliphatic heterocycles. The second-order valence-electron chi connectivity index (χ2n) is 8.09. The molecule has 1 saturated heterocycles. The van der Waals surface area contributed by atoms with Crippen LogP contribution in [0.25, 0.3) is 0 Å². The number of hydrogen-bond donors (Lipinski definition) is 0. The van der Waals surface area contributed by atoms with E-state index in [2.05, 4.69) is 12.2 Å². The van der Waals surface area contributed by atoms with Gasteiger partial charge >= 0.3 is 0 Å². The number of rotatable bonds is 5. The van der Waals surface area contributed by atoms with Gasteiger partial charge in [-0.2, -0.15) is 0 Å². The van der Waals surface area contributed by atoms with Crippen molar-refractivity contribution in [1.29, 1.82) is 0 Å². The van der Waals surface area contributed by atoms with Gasteiger partial charge in [-0.25, -0.2) is 4.90 Å². The summed E-state index contributed by atoms with van der Waals surface area (Å²) < 4.78 is 5.66. The minimum absolute atomic E-state index is 0.103. The van der Waals surface area contributed by atoms with Gasteiger partial charge in [-0.3, -0.25) is 14.4 Å². The summed E-state index contributed by atoms with van der Waals surface area (Å²) in [6.45, 7) is 1.86. The van der Waals surface area contributed by atoms with E-state index in [9.17, 15) is 14.4 Å². The van der Waals surface area contributed by atoms with Gasteiger partial charge in [0, 0.05) is 11.6 Å². The first kappa shape index (κ1) is 17.9. The van der Waals surface area contributed by atoms with Gasteiger partial charge in [0.05, 0.1) is 17.5 Å². The molecule has 5 heteroatoms. The number of imide groups is 1. The number of carbonyl (C=O) groups excluding carboxylic acids is 3. The summed E-state index contributed by atoms with van der Waals surface area (Å²) in [7, 11) is 0. The number of ketones is 1. The molecule has 2 bridgehead atoms. The number of benzene rings is 2. The molecule has 0 aromatic heterocycles. The molecule has 2 amide bonds. The number of anilines is 1. The third-order valence-corrected chi connectivity index (χ3v) is 6.29. The van der Waals surface area contributed by atoms with Gasteiger partial charge in [0.25, 0.3) is 0 Å². The third kappa shape index (κ3) is 2.89. The summed E-state index contributed by atoms with van der Waals surface area (Å²) >= 11 is 0. The van der Waals surface area contributed by atoms with Gasteiger partial charge in [0.15, 0.2) is 12.4 Å². The van der Waals surface area contributed by atoms with E-state index in [1.165, 1.54) is 4.90 Å². The predicted octanol–water partition coefficient (Wildman–Crippen LogP) is 3.57. The fourth-order valence-electron chi connectivity index (χ4n) is 4.84. The van der Waals surface area contributed by atoms with Crippen molar-refractivity contribution in [1.82, 2.24) is 0 Å². The van der Waals surface area contributed by atoms with Crippen LogP contribution in [0.4, 0.5) is 5.69 Å². The van der Waals surface area contributed by atoms with Gasteiger partial charge < -0.3 is 4.74 Å². The number of nitrogens with zero attached hydrogens (tertiary/aromatic N) is 1. The standard InChI is InChI=1S/C24H21NO4/c1-14-5-7-15(8-6-14)20(26)13-29-19-4-2-3-18(12-19)25-23(27)21-16-9-10-17(11-16)22(21)24(25)28/h2-10,12,16-17,21-22H,11,13H2,1H3/t16-,17-,21+,22+/m1/s1. The molecule has 2 fully saturated rings. The van der Waals surface area contributed by atoms with E-state index >= 15 is 0 Å². The zero-order valence-electron chi connectivity index (χ0n) is 16.1. The highest BCUT2D eigenvalue weighted by Gasteiger charge is 2.59. The normalized spacial score (nSPS) is 26.9. The van der Waals surface area contributed by atoms with E-state index in [0.717, 1.165) is 12.0 Å². The molecular formula is C24H21NO4. The first-order chi connectivity index (χ1) is 14.0. The zero-order chi connectivity index (χ0) is 20.1. The predicted molar refractivity (Wildman–Crippen MR) is 108 cm³/mol. The Bertz CT molecular complexity index is 1010. The van der Waals surface area contributed by atoms with Crippen LogP contribution < -0.4 is 9.64 Å². The Balaban J connectivity index is 1.31. The molecule has 1 saturated carbocycles. The maximum atomic E-state index is 13.0. The molecule has 5 nitrogen and oxygen atoms in total. The van der Waals surface area contributed by atoms with Gasteiger partial charge in [-0.1, -0.05) is 48.0 Å². The molecule has 2 aliphatic carbocycles. The number of hydrogen-bond acceptors (Lipinski definition) is 4. The van der Waals surface area contributed by atoms with Crippen LogP contribution in [0, 0.1) is 30.6 Å². The molecule has 4 atom stereocenters. The Morgan fingerprint density at radius 1 is 1.00 bits per heavy atom. The second kappa shape index (κ2) is 6.69. The molecule has 0 N–H and O–H groups in total. The Morgan fingerprint density at radius 3 is 2.31 bits per heavy atom. The lowest BCUT2D eigenvalue weighted by Crippen LogP contribution is -2.32. The lowest BCUT2D eigenvalue weighted by molar-refractivity contribution is -0.123. The van der Waals surface area contributed by atoms with E-state index in [1.54, 1.807) is 36.4 Å². The van der Waals surface area contributed by atoms with E-state index in [0.29, 0.717) is 17.0 Å². The average Bonchev–Trinajstić information content (AvgIpc) is 3.41. The van der Waals surface area contributed by atoms with Crippen molar-refractivity contribution in [2.24, 2.45) is 23.7 Å². The number of aryl methyl sites for hydroxylation is 1. The zero-order valence-corrected chi connectivity index (χ0v) is 16.1. The minimum Gasteiger partial charge on any atom is -0.485 e. The number of fused-ring (bicyclic) bond motifs is 5. The highest BCUT2D eigenvalue weighted by Crippen LogP contribution is 2.53. The molecule has 29 heavy (non-hydrogen) atoms. The topological polar surface area (TPSA) is 63.7 Å². The first-order valence-corrected chi connectivity index (χ1v) is 9.92. The molecule has 5 rings (SSSR count). The molecule has 0 unspecified atom stereocenters. The molecule has 1 heterocycles. The summed E-state index contributed by atoms with van der Waals surface area (Å²) in [5, 5.41) is 0. The van der Waals surface area contributed by atoms with Crippen LogP contribution in [0.3, 0.4) is 0 Å². The van der Waals surface area contributed by atoms with E-state index < -0.39 is 0 Å². The Labute approximate surface area is 169 Å². The lowest BCUT2D eigenvalue weighted by atomic mass is 9.85. The maximum Gasteiger partial charge on any atom is 0.238 e. The lowest BCUT2D eigenvalue weighted by Gasteiger charge is -2.18. The second-order valence-corrected chi connectivity index (χ2v) is 8.09. The van der Waals surface area contributed by atoms with Crippen LogP contribution in [0.2, 0.25) is 0 Å². The molecular weight excluding hydrogens is 366 g/mol. The van der Waals surface area contributed by atoms with Gasteiger partial charge in [0.2, 0.25) is 11.8 Å². The number of carbonyl (C=O) groups is 3. The summed E-state index contributed by atoms with van der Waals surface area (Å²) in [4.78, 5) is 39.5. The van der Waals surface area contributed by atoms with E-state index in [1.807, 2.05) is 19.1 Å². The van der Waals surface area contributed by atoms with E-state index in [-0.39, 0.29) is 47.9 Å². The minimum atomic E-state index is -0.231. The third-order valence-electron chi connectivity index (χ3n) is 6.29. The summed E-state index contributed by atoms with van der Waals surface area (Å²) in [5.74, 6) is -0.0107. The highest BCUT2D eigenvalue weighted by atomic mass is 16.5. The van der Waals surface area contributed by atoms with Gasteiger partial charge in [-0.15, -0.1) is 0 Å². The number of ether oxygens (including phenoxy) is 1. The number of Topliss-reactive ketones (excluding diaryl/α,β-unsaturated/α-hetero) is 1. The van der Waals surface area contributed by atoms with Crippen LogP contribution in [-0.2, 0) is 9.59 Å². The summed E-state index contributed by atoms with van der Waals surface area (Å²) in [6.07, 6.45) is 5.07. The van der Waals surface area contributed by atoms with Crippen molar-refractivity contribution in [3.05, 3.63) is 71.8 Å². The van der Waals surface area contributed by atoms with Crippen molar-refractivity contribution in [2.75, 3.05) is 11.5 Å². The Kier molecular flexibility index (Phi) is 4.12. The van der Waals surface area contributed by atoms with Gasteiger partial charge in [0.1, 0.15) is 5.75 Å². The molecule has 3 aliphatic rings. The van der Waals surface area contributed by atoms with Crippen LogP contribution >= 0.6 is 0 Å². The van der Waals surface area contributed by atoms with Crippen molar-refractivity contribution >= 4 is 23.3 Å². The van der Waals surface area contributed by atoms with Gasteiger partial charge in [-0.05, 0) is 37.3 Å². The summed E-state index contributed by atoms with van der Waals surface area (Å²) in [6, 6.07) is 14.2. The van der Waals surface area contributed by atoms with Crippen molar-refractivity contribution in [2.45, 2.75) is 13.3 Å². The maximum absolute atomic E-state index is 13.0. The summed E-state index contributed by atoms with van der Waals surface area (Å²) in [5.41, 5.74) is 2.19. The van der Waals surface area contributed by atoms with Crippen LogP contribution in [-0.4, -0.2) is 24.2 Å². The Hall–Kier alpha value is -3.21. The average molecular weight is 387 g/mol. The monoisotopic (exact) mass is 387 g/mol. The quantitative estimate of drug-likeness (QED) is 0.447. The van der Waals surface area contributed by atoms with Crippen molar-refractivity contribution < 1.29 is 19.1 Å². The van der Waals surface area contributed by atoms with Crippen molar-refractivity contribution in [3.8, 4) is 5.75 Å². The molecule has 0 radical (unpaired) electrons. The van der Waals surface area contributed by atoms with Crippen LogP contribution in [0.5, 0.6) is 5.75 Å². The van der Waals surface area contributed by atoms with E-state index in [4.69, 9.17) is 4.74 Å². The smallest absolute Gasteiger partial charge is 0.238 e. The molecule has 0 spiro atoms. The number of allylic oxidation sites excluding steroid dienone is 2. The number of amides is 2. The van der Waals surface area contributed by atoms with Crippen molar-refractivity contribution in [3.63, 3.8) is 0 Å². The van der Waals surface area contributed by atoms with Crippen LogP contribution in [0.1, 0.15) is 22.3 Å².